The Kier molecular flexibility index (Phi) is 4.73. The molecule has 0 saturated carbocycles. The van der Waals surface area contributed by atoms with Crippen molar-refractivity contribution in [2.45, 2.75) is 13.3 Å². The largest absolute Gasteiger partial charge is 0.466 e. The van der Waals surface area contributed by atoms with Crippen molar-refractivity contribution in [3.05, 3.63) is 70.9 Å². The van der Waals surface area contributed by atoms with Crippen LogP contribution in [0.4, 0.5) is 5.69 Å². The van der Waals surface area contributed by atoms with Crippen LogP contribution in [-0.4, -0.2) is 41.8 Å². The Morgan fingerprint density at radius 3 is 2.83 bits per heavy atom. The topological polar surface area (TPSA) is 118 Å². The number of benzene rings is 1. The Balaban J connectivity index is 1.65. The first-order valence-corrected chi connectivity index (χ1v) is 8.82. The van der Waals surface area contributed by atoms with Crippen LogP contribution in [0.15, 0.2) is 55.2 Å². The van der Waals surface area contributed by atoms with Crippen LogP contribution in [0.25, 0.3) is 22.5 Å². The third kappa shape index (κ3) is 3.68. The summed E-state index contributed by atoms with van der Waals surface area (Å²) in [6.45, 7) is 2.11. The SMILES string of the molecule is CCOC(=O)Cc1ccn(-c2cncc(-n3ncc4cc([N+](=O)[O-])ccc43)n2)c1. The molecule has 0 saturated heterocycles. The van der Waals surface area contributed by atoms with E-state index in [2.05, 4.69) is 15.1 Å². The lowest BCUT2D eigenvalue weighted by molar-refractivity contribution is -0.384. The summed E-state index contributed by atoms with van der Waals surface area (Å²) >= 11 is 0. The number of nitro benzene ring substituents is 1. The summed E-state index contributed by atoms with van der Waals surface area (Å²) < 4.78 is 8.28. The van der Waals surface area contributed by atoms with Crippen LogP contribution < -0.4 is 0 Å². The first-order valence-electron chi connectivity index (χ1n) is 8.82. The molecule has 0 unspecified atom stereocenters. The average molecular weight is 392 g/mol. The highest BCUT2D eigenvalue weighted by Crippen LogP contribution is 2.22. The lowest BCUT2D eigenvalue weighted by Gasteiger charge is -2.06. The van der Waals surface area contributed by atoms with Gasteiger partial charge in [-0.3, -0.25) is 19.9 Å². The number of nitro groups is 1. The fraction of sp³-hybridized carbons (Fsp3) is 0.158. The van der Waals surface area contributed by atoms with Crippen molar-refractivity contribution in [3.8, 4) is 11.6 Å². The standard InChI is InChI=1S/C19H16N6O4/c1-2-29-19(26)7-13-5-6-23(12-13)17-10-20-11-18(22-17)24-16-4-3-15(25(27)28)8-14(16)9-21-24/h3-6,8-12H,2,7H2,1H3. The molecule has 4 rings (SSSR count). The lowest BCUT2D eigenvalue weighted by atomic mass is 10.2. The van der Waals surface area contributed by atoms with Gasteiger partial charge in [0.2, 0.25) is 0 Å². The molecule has 0 aliphatic carbocycles. The van der Waals surface area contributed by atoms with Crippen molar-refractivity contribution in [2.75, 3.05) is 6.61 Å². The summed E-state index contributed by atoms with van der Waals surface area (Å²) in [6, 6.07) is 6.32. The highest BCUT2D eigenvalue weighted by molar-refractivity contribution is 5.82. The van der Waals surface area contributed by atoms with Crippen molar-refractivity contribution in [1.29, 1.82) is 0 Å². The molecule has 146 valence electrons. The van der Waals surface area contributed by atoms with E-state index in [1.54, 1.807) is 53.2 Å². The number of rotatable bonds is 6. The van der Waals surface area contributed by atoms with E-state index in [0.29, 0.717) is 29.1 Å². The average Bonchev–Trinajstić information content (AvgIpc) is 3.34. The van der Waals surface area contributed by atoms with Gasteiger partial charge in [-0.15, -0.1) is 0 Å². The third-order valence-corrected chi connectivity index (χ3v) is 4.26. The summed E-state index contributed by atoms with van der Waals surface area (Å²) in [5, 5.41) is 15.9. The zero-order valence-corrected chi connectivity index (χ0v) is 15.4. The van der Waals surface area contributed by atoms with Crippen molar-refractivity contribution in [2.24, 2.45) is 0 Å². The van der Waals surface area contributed by atoms with Crippen LogP contribution in [0.5, 0.6) is 0 Å². The van der Waals surface area contributed by atoms with E-state index in [1.165, 1.54) is 12.1 Å². The normalized spacial score (nSPS) is 10.9. The van der Waals surface area contributed by atoms with Gasteiger partial charge < -0.3 is 9.30 Å². The van der Waals surface area contributed by atoms with Crippen molar-refractivity contribution in [1.82, 2.24) is 24.3 Å². The molecule has 0 aliphatic rings. The molecule has 10 nitrogen and oxygen atoms in total. The van der Waals surface area contributed by atoms with Crippen molar-refractivity contribution < 1.29 is 14.5 Å². The van der Waals surface area contributed by atoms with E-state index in [-0.39, 0.29) is 18.1 Å². The van der Waals surface area contributed by atoms with Crippen LogP contribution in [-0.2, 0) is 16.0 Å². The third-order valence-electron chi connectivity index (χ3n) is 4.26. The lowest BCUT2D eigenvalue weighted by Crippen LogP contribution is -2.07. The quantitative estimate of drug-likeness (QED) is 0.281. The maximum atomic E-state index is 11.6. The number of nitrogens with zero attached hydrogens (tertiary/aromatic N) is 6. The molecule has 0 spiro atoms. The number of carbonyl (C=O) groups excluding carboxylic acids is 1. The predicted molar refractivity (Wildman–Crippen MR) is 103 cm³/mol. The number of ether oxygens (including phenoxy) is 1. The van der Waals surface area contributed by atoms with Gasteiger partial charge in [0, 0.05) is 29.9 Å². The summed E-state index contributed by atoms with van der Waals surface area (Å²) in [5.74, 6) is 0.720. The van der Waals surface area contributed by atoms with Crippen LogP contribution in [0.2, 0.25) is 0 Å². The molecule has 0 radical (unpaired) electrons. The maximum Gasteiger partial charge on any atom is 0.310 e. The second-order valence-electron chi connectivity index (χ2n) is 6.20. The number of esters is 1. The Morgan fingerprint density at radius 2 is 2.03 bits per heavy atom. The van der Waals surface area contributed by atoms with Crippen LogP contribution in [0, 0.1) is 10.1 Å². The van der Waals surface area contributed by atoms with E-state index in [1.807, 2.05) is 6.07 Å². The first kappa shape index (κ1) is 18.3. The molecule has 0 N–H and O–H groups in total. The summed E-state index contributed by atoms with van der Waals surface area (Å²) in [6.07, 6.45) is 8.44. The van der Waals surface area contributed by atoms with Gasteiger partial charge in [-0.1, -0.05) is 0 Å². The van der Waals surface area contributed by atoms with Gasteiger partial charge in [-0.2, -0.15) is 5.10 Å². The molecule has 0 bridgehead atoms. The van der Waals surface area contributed by atoms with Gasteiger partial charge in [0.1, 0.15) is 0 Å². The number of non-ortho nitro benzene ring substituents is 1. The minimum Gasteiger partial charge on any atom is -0.466 e. The second-order valence-corrected chi connectivity index (χ2v) is 6.20. The van der Waals surface area contributed by atoms with Crippen LogP contribution in [0.1, 0.15) is 12.5 Å². The Morgan fingerprint density at radius 1 is 1.21 bits per heavy atom. The van der Waals surface area contributed by atoms with Crippen molar-refractivity contribution in [3.63, 3.8) is 0 Å². The number of hydrogen-bond donors (Lipinski definition) is 0. The summed E-state index contributed by atoms with van der Waals surface area (Å²) in [7, 11) is 0. The molecular formula is C19H16N6O4. The minimum absolute atomic E-state index is 0.00152. The highest BCUT2D eigenvalue weighted by Gasteiger charge is 2.13. The van der Waals surface area contributed by atoms with E-state index in [9.17, 15) is 14.9 Å². The Bertz CT molecular complexity index is 1210. The van der Waals surface area contributed by atoms with Gasteiger partial charge >= 0.3 is 5.97 Å². The number of carbonyl (C=O) groups is 1. The number of fused-ring (bicyclic) bond motifs is 1. The molecular weight excluding hydrogens is 376 g/mol. The van der Waals surface area contributed by atoms with Gasteiger partial charge in [0.25, 0.3) is 5.69 Å². The zero-order valence-electron chi connectivity index (χ0n) is 15.4. The van der Waals surface area contributed by atoms with Gasteiger partial charge in [-0.25, -0.2) is 9.67 Å². The summed E-state index contributed by atoms with van der Waals surface area (Å²) in [4.78, 5) is 30.9. The number of aromatic nitrogens is 5. The molecule has 3 heterocycles. The van der Waals surface area contributed by atoms with E-state index in [4.69, 9.17) is 4.74 Å². The monoisotopic (exact) mass is 392 g/mol. The highest BCUT2D eigenvalue weighted by atomic mass is 16.6. The first-order chi connectivity index (χ1) is 14.0. The maximum absolute atomic E-state index is 11.6. The number of hydrogen-bond acceptors (Lipinski definition) is 7. The minimum atomic E-state index is -0.447. The van der Waals surface area contributed by atoms with Gasteiger partial charge in [0.15, 0.2) is 11.6 Å². The zero-order chi connectivity index (χ0) is 20.4. The summed E-state index contributed by atoms with van der Waals surface area (Å²) in [5.41, 5.74) is 1.48. The Hall–Kier alpha value is -4.08. The van der Waals surface area contributed by atoms with E-state index in [0.717, 1.165) is 5.56 Å². The second kappa shape index (κ2) is 7.50. The molecule has 10 heteroatoms. The molecule has 0 amide bonds. The van der Waals surface area contributed by atoms with Crippen molar-refractivity contribution >= 4 is 22.6 Å². The van der Waals surface area contributed by atoms with Gasteiger partial charge in [0.05, 0.1) is 42.1 Å². The predicted octanol–water partition coefficient (Wildman–Crippen LogP) is 2.62. The van der Waals surface area contributed by atoms with Gasteiger partial charge in [-0.05, 0) is 24.6 Å². The molecule has 0 fully saturated rings. The molecule has 29 heavy (non-hydrogen) atoms. The van der Waals surface area contributed by atoms with E-state index >= 15 is 0 Å². The van der Waals surface area contributed by atoms with Crippen LogP contribution >= 0.6 is 0 Å². The molecule has 1 aromatic carbocycles. The smallest absolute Gasteiger partial charge is 0.310 e. The molecule has 4 aromatic rings. The van der Waals surface area contributed by atoms with Crippen LogP contribution in [0.3, 0.4) is 0 Å². The molecule has 3 aromatic heterocycles. The fourth-order valence-electron chi connectivity index (χ4n) is 2.96. The molecule has 0 aliphatic heterocycles. The Labute approximate surface area is 164 Å². The fourth-order valence-corrected chi connectivity index (χ4v) is 2.96. The molecule has 0 atom stereocenters. The van der Waals surface area contributed by atoms with E-state index < -0.39 is 4.92 Å².